The SMILES string of the molecule is CC(C)[C@@H](N)[C@@H]1CCCS1(=O)=O. The van der Waals surface area contributed by atoms with Gasteiger partial charge in [0.1, 0.15) is 0 Å². The normalized spacial score (nSPS) is 30.8. The van der Waals surface area contributed by atoms with E-state index in [0.29, 0.717) is 5.75 Å². The Morgan fingerprint density at radius 3 is 2.33 bits per heavy atom. The number of sulfone groups is 1. The average molecular weight is 191 g/mol. The predicted octanol–water partition coefficient (Wildman–Crippen LogP) is 0.547. The molecule has 1 fully saturated rings. The number of rotatable bonds is 2. The first kappa shape index (κ1) is 9.99. The first-order valence-corrected chi connectivity index (χ1v) is 6.14. The Balaban J connectivity index is 2.76. The molecule has 0 aliphatic carbocycles. The van der Waals surface area contributed by atoms with Crippen molar-refractivity contribution in [3.8, 4) is 0 Å². The molecule has 0 unspecified atom stereocenters. The Kier molecular flexibility index (Phi) is 2.78. The van der Waals surface area contributed by atoms with Crippen LogP contribution in [-0.4, -0.2) is 25.5 Å². The number of hydrogen-bond donors (Lipinski definition) is 1. The fraction of sp³-hybridized carbons (Fsp3) is 1.00. The lowest BCUT2D eigenvalue weighted by atomic mass is 9.99. The van der Waals surface area contributed by atoms with Gasteiger partial charge in [-0.15, -0.1) is 0 Å². The van der Waals surface area contributed by atoms with Crippen molar-refractivity contribution in [1.29, 1.82) is 0 Å². The van der Waals surface area contributed by atoms with E-state index in [1.807, 2.05) is 13.8 Å². The van der Waals surface area contributed by atoms with E-state index in [1.165, 1.54) is 0 Å². The fourth-order valence-electron chi connectivity index (χ4n) is 1.68. The predicted molar refractivity (Wildman–Crippen MR) is 49.6 cm³/mol. The Hall–Kier alpha value is -0.0900. The summed E-state index contributed by atoms with van der Waals surface area (Å²) in [4.78, 5) is 0. The summed E-state index contributed by atoms with van der Waals surface area (Å²) in [5.74, 6) is 0.584. The van der Waals surface area contributed by atoms with Gasteiger partial charge < -0.3 is 5.73 Å². The van der Waals surface area contributed by atoms with Crippen LogP contribution < -0.4 is 5.73 Å². The van der Waals surface area contributed by atoms with E-state index >= 15 is 0 Å². The Labute approximate surface area is 74.3 Å². The molecule has 72 valence electrons. The van der Waals surface area contributed by atoms with Crippen molar-refractivity contribution in [3.05, 3.63) is 0 Å². The van der Waals surface area contributed by atoms with Crippen molar-refractivity contribution in [3.63, 3.8) is 0 Å². The molecule has 1 aliphatic rings. The van der Waals surface area contributed by atoms with Crippen LogP contribution in [0.15, 0.2) is 0 Å². The molecule has 0 aromatic heterocycles. The minimum atomic E-state index is -2.86. The third-order valence-corrected chi connectivity index (χ3v) is 4.91. The van der Waals surface area contributed by atoms with Crippen molar-refractivity contribution in [2.45, 2.75) is 38.0 Å². The minimum absolute atomic E-state index is 0.183. The Morgan fingerprint density at radius 1 is 1.42 bits per heavy atom. The highest BCUT2D eigenvalue weighted by Gasteiger charge is 2.36. The minimum Gasteiger partial charge on any atom is -0.326 e. The van der Waals surface area contributed by atoms with Gasteiger partial charge in [0.15, 0.2) is 9.84 Å². The molecule has 2 N–H and O–H groups in total. The maximum atomic E-state index is 11.4. The molecule has 1 heterocycles. The topological polar surface area (TPSA) is 60.2 Å². The third kappa shape index (κ3) is 1.80. The van der Waals surface area contributed by atoms with Gasteiger partial charge in [0.05, 0.1) is 11.0 Å². The summed E-state index contributed by atoms with van der Waals surface area (Å²) >= 11 is 0. The highest BCUT2D eigenvalue weighted by molar-refractivity contribution is 7.92. The van der Waals surface area contributed by atoms with Crippen molar-refractivity contribution in [1.82, 2.24) is 0 Å². The van der Waals surface area contributed by atoms with Gasteiger partial charge in [-0.1, -0.05) is 13.8 Å². The van der Waals surface area contributed by atoms with E-state index in [-0.39, 0.29) is 17.2 Å². The lowest BCUT2D eigenvalue weighted by Crippen LogP contribution is -2.41. The monoisotopic (exact) mass is 191 g/mol. The van der Waals surface area contributed by atoms with Gasteiger partial charge >= 0.3 is 0 Å². The van der Waals surface area contributed by atoms with E-state index in [1.54, 1.807) is 0 Å². The molecule has 1 aliphatic heterocycles. The van der Waals surface area contributed by atoms with Crippen LogP contribution in [0.3, 0.4) is 0 Å². The molecular weight excluding hydrogens is 174 g/mol. The molecule has 0 saturated carbocycles. The molecule has 1 rings (SSSR count). The maximum Gasteiger partial charge on any atom is 0.154 e. The average Bonchev–Trinajstić information content (AvgIpc) is 2.27. The smallest absolute Gasteiger partial charge is 0.154 e. The quantitative estimate of drug-likeness (QED) is 0.693. The zero-order valence-electron chi connectivity index (χ0n) is 7.66. The highest BCUT2D eigenvalue weighted by Crippen LogP contribution is 2.24. The fourth-order valence-corrected chi connectivity index (χ4v) is 3.87. The van der Waals surface area contributed by atoms with Crippen LogP contribution in [0.1, 0.15) is 26.7 Å². The van der Waals surface area contributed by atoms with E-state index in [9.17, 15) is 8.42 Å². The van der Waals surface area contributed by atoms with Gasteiger partial charge in [0.25, 0.3) is 0 Å². The van der Waals surface area contributed by atoms with Crippen LogP contribution >= 0.6 is 0 Å². The second-order valence-electron chi connectivity index (χ2n) is 3.87. The van der Waals surface area contributed by atoms with Gasteiger partial charge in [0, 0.05) is 6.04 Å². The summed E-state index contributed by atoms with van der Waals surface area (Å²) in [6.45, 7) is 3.94. The molecule has 1 saturated heterocycles. The van der Waals surface area contributed by atoms with Crippen molar-refractivity contribution < 1.29 is 8.42 Å². The molecule has 3 nitrogen and oxygen atoms in total. The van der Waals surface area contributed by atoms with Crippen LogP contribution in [0.4, 0.5) is 0 Å². The Morgan fingerprint density at radius 2 is 2.00 bits per heavy atom. The summed E-state index contributed by atoms with van der Waals surface area (Å²) in [5, 5.41) is -0.280. The molecule has 12 heavy (non-hydrogen) atoms. The van der Waals surface area contributed by atoms with Gasteiger partial charge in [-0.05, 0) is 18.8 Å². The van der Waals surface area contributed by atoms with Crippen molar-refractivity contribution in [2.24, 2.45) is 11.7 Å². The molecular formula is C8H17NO2S. The van der Waals surface area contributed by atoms with Gasteiger partial charge in [0.2, 0.25) is 0 Å². The second-order valence-corrected chi connectivity index (χ2v) is 6.21. The third-order valence-electron chi connectivity index (χ3n) is 2.58. The van der Waals surface area contributed by atoms with Gasteiger partial charge in [-0.3, -0.25) is 0 Å². The first-order valence-electron chi connectivity index (χ1n) is 4.42. The largest absolute Gasteiger partial charge is 0.326 e. The molecule has 0 radical (unpaired) electrons. The zero-order valence-corrected chi connectivity index (χ0v) is 8.47. The molecule has 4 heteroatoms. The van der Waals surface area contributed by atoms with E-state index in [2.05, 4.69) is 0 Å². The highest BCUT2D eigenvalue weighted by atomic mass is 32.2. The molecule has 0 bridgehead atoms. The summed E-state index contributed by atoms with van der Waals surface area (Å²) in [6.07, 6.45) is 1.54. The molecule has 0 aromatic carbocycles. The van der Waals surface area contributed by atoms with Crippen LogP contribution in [0.2, 0.25) is 0 Å². The van der Waals surface area contributed by atoms with Crippen LogP contribution in [-0.2, 0) is 9.84 Å². The van der Waals surface area contributed by atoms with Crippen LogP contribution in [0.25, 0.3) is 0 Å². The summed E-state index contributed by atoms with van der Waals surface area (Å²) in [7, 11) is -2.86. The van der Waals surface area contributed by atoms with E-state index < -0.39 is 9.84 Å². The van der Waals surface area contributed by atoms with E-state index in [0.717, 1.165) is 12.8 Å². The lowest BCUT2D eigenvalue weighted by Gasteiger charge is -2.21. The first-order chi connectivity index (χ1) is 5.45. The van der Waals surface area contributed by atoms with Crippen LogP contribution in [0.5, 0.6) is 0 Å². The summed E-state index contributed by atoms with van der Waals surface area (Å²) in [6, 6.07) is -0.183. The number of hydrogen-bond acceptors (Lipinski definition) is 3. The van der Waals surface area contributed by atoms with Crippen molar-refractivity contribution >= 4 is 9.84 Å². The molecule has 0 spiro atoms. The molecule has 0 aromatic rings. The maximum absolute atomic E-state index is 11.4. The van der Waals surface area contributed by atoms with Crippen molar-refractivity contribution in [2.75, 3.05) is 5.75 Å². The van der Waals surface area contributed by atoms with Gasteiger partial charge in [-0.2, -0.15) is 0 Å². The molecule has 2 atom stereocenters. The van der Waals surface area contributed by atoms with E-state index in [4.69, 9.17) is 5.73 Å². The zero-order chi connectivity index (χ0) is 9.35. The summed E-state index contributed by atoms with van der Waals surface area (Å²) < 4.78 is 22.9. The number of nitrogens with two attached hydrogens (primary N) is 1. The lowest BCUT2D eigenvalue weighted by molar-refractivity contribution is 0.455. The molecule has 0 amide bonds. The summed E-state index contributed by atoms with van der Waals surface area (Å²) in [5.41, 5.74) is 5.82. The second kappa shape index (κ2) is 3.34. The standard InChI is InChI=1S/C8H17NO2S/c1-6(2)8(9)7-4-3-5-12(7,10)11/h6-8H,3-5,9H2,1-2H3/t7-,8+/m0/s1. The van der Waals surface area contributed by atoms with Gasteiger partial charge in [-0.25, -0.2) is 8.42 Å². The van der Waals surface area contributed by atoms with Crippen LogP contribution in [0, 0.1) is 5.92 Å². The Bertz CT molecular complexity index is 246.